The number of aryl methyl sites for hydroxylation is 1. The largest absolute Gasteiger partial charge is 0.271 e. The number of nitrogens with one attached hydrogen (secondary N) is 1. The maximum absolute atomic E-state index is 12.2. The summed E-state index contributed by atoms with van der Waals surface area (Å²) in [5, 5.41) is 14.8. The van der Waals surface area contributed by atoms with Crippen molar-refractivity contribution in [3.8, 4) is 0 Å². The van der Waals surface area contributed by atoms with Gasteiger partial charge in [-0.05, 0) is 26.0 Å². The molecule has 2 rings (SSSR count). The molecule has 148 valence electrons. The van der Waals surface area contributed by atoms with Crippen LogP contribution in [0.25, 0.3) is 0 Å². The maximum atomic E-state index is 12.2. The standard InChI is InChI=1S/C18H20N4O5S/c1-13-7-9-16(10-8-13)21(28(3,26)27)12-18(23)20-19-14(2)15-5-4-6-17(11-15)22(24)25/h4-11H,12H2,1-3H3,(H,20,23)/b19-14-. The number of hydrogen-bond donors (Lipinski definition) is 1. The molecule has 0 saturated carbocycles. The molecule has 0 bridgehead atoms. The van der Waals surface area contributed by atoms with Gasteiger partial charge in [-0.1, -0.05) is 29.8 Å². The lowest BCUT2D eigenvalue weighted by molar-refractivity contribution is -0.384. The molecule has 0 saturated heterocycles. The second kappa shape index (κ2) is 8.61. The third-order valence-corrected chi connectivity index (χ3v) is 4.97. The highest BCUT2D eigenvalue weighted by atomic mass is 32.2. The van der Waals surface area contributed by atoms with Crippen LogP contribution >= 0.6 is 0 Å². The van der Waals surface area contributed by atoms with Crippen molar-refractivity contribution in [2.24, 2.45) is 5.10 Å². The van der Waals surface area contributed by atoms with E-state index in [1.54, 1.807) is 37.3 Å². The van der Waals surface area contributed by atoms with Crippen molar-refractivity contribution in [1.29, 1.82) is 0 Å². The molecule has 0 aliphatic carbocycles. The minimum atomic E-state index is -3.68. The quantitative estimate of drug-likeness (QED) is 0.431. The van der Waals surface area contributed by atoms with Crippen molar-refractivity contribution in [2.45, 2.75) is 13.8 Å². The number of benzene rings is 2. The van der Waals surface area contributed by atoms with Crippen LogP contribution in [0.1, 0.15) is 18.1 Å². The zero-order valence-electron chi connectivity index (χ0n) is 15.6. The Hall–Kier alpha value is -3.27. The number of non-ortho nitro benzene ring substituents is 1. The fourth-order valence-corrected chi connectivity index (χ4v) is 3.19. The number of anilines is 1. The van der Waals surface area contributed by atoms with Crippen molar-refractivity contribution in [1.82, 2.24) is 5.43 Å². The number of hydrogen-bond acceptors (Lipinski definition) is 6. The first-order valence-corrected chi connectivity index (χ1v) is 10.0. The second-order valence-corrected chi connectivity index (χ2v) is 8.05. The van der Waals surface area contributed by atoms with E-state index < -0.39 is 27.4 Å². The lowest BCUT2D eigenvalue weighted by Crippen LogP contribution is -2.39. The normalized spacial score (nSPS) is 11.8. The van der Waals surface area contributed by atoms with E-state index in [-0.39, 0.29) is 5.69 Å². The number of nitrogens with zero attached hydrogens (tertiary/aromatic N) is 3. The molecule has 9 nitrogen and oxygen atoms in total. The Balaban J connectivity index is 2.14. The first kappa shape index (κ1) is 21.0. The molecule has 0 radical (unpaired) electrons. The first-order valence-electron chi connectivity index (χ1n) is 8.20. The summed E-state index contributed by atoms with van der Waals surface area (Å²) < 4.78 is 25.1. The van der Waals surface area contributed by atoms with Crippen molar-refractivity contribution in [2.75, 3.05) is 17.1 Å². The van der Waals surface area contributed by atoms with Crippen LogP contribution in [-0.2, 0) is 14.8 Å². The van der Waals surface area contributed by atoms with E-state index in [4.69, 9.17) is 0 Å². The Kier molecular flexibility index (Phi) is 6.47. The molecular formula is C18H20N4O5S. The highest BCUT2D eigenvalue weighted by Gasteiger charge is 2.20. The van der Waals surface area contributed by atoms with Crippen LogP contribution in [0.2, 0.25) is 0 Å². The number of hydrazone groups is 1. The van der Waals surface area contributed by atoms with Gasteiger partial charge in [0.15, 0.2) is 0 Å². The first-order chi connectivity index (χ1) is 13.1. The predicted octanol–water partition coefficient (Wildman–Crippen LogP) is 2.21. The van der Waals surface area contributed by atoms with E-state index in [0.29, 0.717) is 17.0 Å². The van der Waals surface area contributed by atoms with Gasteiger partial charge < -0.3 is 0 Å². The summed E-state index contributed by atoms with van der Waals surface area (Å²) in [5.41, 5.74) is 4.32. The number of nitro benzene ring substituents is 1. The van der Waals surface area contributed by atoms with Crippen LogP contribution < -0.4 is 9.73 Å². The molecule has 10 heteroatoms. The number of amides is 1. The van der Waals surface area contributed by atoms with Gasteiger partial charge in [-0.15, -0.1) is 0 Å². The van der Waals surface area contributed by atoms with Gasteiger partial charge in [0, 0.05) is 17.7 Å². The van der Waals surface area contributed by atoms with Crippen LogP contribution in [0.3, 0.4) is 0 Å². The molecule has 0 unspecified atom stereocenters. The van der Waals surface area contributed by atoms with Crippen molar-refractivity contribution >= 4 is 33.0 Å². The Morgan fingerprint density at radius 3 is 2.43 bits per heavy atom. The maximum Gasteiger partial charge on any atom is 0.270 e. The molecule has 0 heterocycles. The monoisotopic (exact) mass is 404 g/mol. The molecule has 0 aromatic heterocycles. The van der Waals surface area contributed by atoms with Gasteiger partial charge in [0.1, 0.15) is 6.54 Å². The van der Waals surface area contributed by atoms with Crippen LogP contribution in [0.5, 0.6) is 0 Å². The number of carbonyl (C=O) groups is 1. The van der Waals surface area contributed by atoms with Gasteiger partial charge >= 0.3 is 0 Å². The van der Waals surface area contributed by atoms with Crippen molar-refractivity contribution in [3.05, 3.63) is 69.8 Å². The van der Waals surface area contributed by atoms with Crippen LogP contribution in [0.4, 0.5) is 11.4 Å². The molecule has 28 heavy (non-hydrogen) atoms. The van der Waals surface area contributed by atoms with Gasteiger partial charge in [-0.2, -0.15) is 5.10 Å². The fraction of sp³-hybridized carbons (Fsp3) is 0.222. The Labute approximate surface area is 162 Å². The van der Waals surface area contributed by atoms with E-state index in [1.165, 1.54) is 18.2 Å². The lowest BCUT2D eigenvalue weighted by atomic mass is 10.1. The molecule has 1 N–H and O–H groups in total. The van der Waals surface area contributed by atoms with Gasteiger partial charge in [0.2, 0.25) is 10.0 Å². The summed E-state index contributed by atoms with van der Waals surface area (Å²) in [4.78, 5) is 22.5. The van der Waals surface area contributed by atoms with Gasteiger partial charge in [0.25, 0.3) is 11.6 Å². The molecule has 2 aromatic carbocycles. The van der Waals surface area contributed by atoms with Crippen molar-refractivity contribution in [3.63, 3.8) is 0 Å². The lowest BCUT2D eigenvalue weighted by Gasteiger charge is -2.21. The van der Waals surface area contributed by atoms with Gasteiger partial charge in [-0.3, -0.25) is 19.2 Å². The third-order valence-electron chi connectivity index (χ3n) is 3.83. The fourth-order valence-electron chi connectivity index (χ4n) is 2.33. The molecule has 0 spiro atoms. The minimum Gasteiger partial charge on any atom is -0.271 e. The summed E-state index contributed by atoms with van der Waals surface area (Å²) in [7, 11) is -3.68. The Bertz CT molecular complexity index is 1020. The number of sulfonamides is 1. The molecule has 0 aliphatic rings. The Morgan fingerprint density at radius 1 is 1.21 bits per heavy atom. The van der Waals surface area contributed by atoms with Gasteiger partial charge in [0.05, 0.1) is 22.6 Å². The smallest absolute Gasteiger partial charge is 0.270 e. The highest BCUT2D eigenvalue weighted by molar-refractivity contribution is 7.92. The van der Waals surface area contributed by atoms with Crippen LogP contribution in [-0.4, -0.2) is 37.8 Å². The van der Waals surface area contributed by atoms with E-state index in [0.717, 1.165) is 16.1 Å². The minimum absolute atomic E-state index is 0.0963. The Morgan fingerprint density at radius 2 is 1.86 bits per heavy atom. The summed E-state index contributed by atoms with van der Waals surface area (Å²) in [6.07, 6.45) is 1.01. The van der Waals surface area contributed by atoms with E-state index in [2.05, 4.69) is 10.5 Å². The summed E-state index contributed by atoms with van der Waals surface area (Å²) >= 11 is 0. The SMILES string of the molecule is C/C(=N/NC(=O)CN(c1ccc(C)cc1)S(C)(=O)=O)c1cccc([N+](=O)[O-])c1. The van der Waals surface area contributed by atoms with Crippen LogP contribution in [0, 0.1) is 17.0 Å². The van der Waals surface area contributed by atoms with E-state index in [9.17, 15) is 23.3 Å². The highest BCUT2D eigenvalue weighted by Crippen LogP contribution is 2.18. The number of nitro groups is 1. The van der Waals surface area contributed by atoms with E-state index >= 15 is 0 Å². The summed E-state index contributed by atoms with van der Waals surface area (Å²) in [6.45, 7) is 2.99. The molecule has 2 aromatic rings. The molecule has 0 aliphatic heterocycles. The third kappa shape index (κ3) is 5.61. The van der Waals surface area contributed by atoms with Crippen molar-refractivity contribution < 1.29 is 18.1 Å². The van der Waals surface area contributed by atoms with Gasteiger partial charge in [-0.25, -0.2) is 13.8 Å². The average molecular weight is 404 g/mol. The number of rotatable bonds is 7. The predicted molar refractivity (Wildman–Crippen MR) is 107 cm³/mol. The topological polar surface area (TPSA) is 122 Å². The molecule has 1 amide bonds. The molecule has 0 atom stereocenters. The second-order valence-electron chi connectivity index (χ2n) is 6.14. The molecule has 0 fully saturated rings. The summed E-state index contributed by atoms with van der Waals surface area (Å²) in [5.74, 6) is -0.643. The zero-order valence-corrected chi connectivity index (χ0v) is 16.4. The zero-order chi connectivity index (χ0) is 20.9. The molecular weight excluding hydrogens is 384 g/mol. The number of carbonyl (C=O) groups excluding carboxylic acids is 1. The summed E-state index contributed by atoms with van der Waals surface area (Å²) in [6, 6.07) is 12.5. The van der Waals surface area contributed by atoms with Crippen LogP contribution in [0.15, 0.2) is 53.6 Å². The van der Waals surface area contributed by atoms with E-state index in [1.807, 2.05) is 6.92 Å². The average Bonchev–Trinajstić information content (AvgIpc) is 2.64.